The van der Waals surface area contributed by atoms with Crippen LogP contribution in [0.15, 0.2) is 84.1 Å². The third kappa shape index (κ3) is 3.43. The molecular formula is C24H17N5S. The largest absolute Gasteiger partial charge is 0.342 e. The van der Waals surface area contributed by atoms with Gasteiger partial charge in [0.05, 0.1) is 28.1 Å². The van der Waals surface area contributed by atoms with Crippen molar-refractivity contribution < 1.29 is 0 Å². The molecule has 0 radical (unpaired) electrons. The first kappa shape index (κ1) is 18.1. The van der Waals surface area contributed by atoms with Gasteiger partial charge in [-0.3, -0.25) is 5.43 Å². The van der Waals surface area contributed by atoms with Crippen LogP contribution in [0.2, 0.25) is 0 Å². The van der Waals surface area contributed by atoms with Crippen LogP contribution in [0.4, 0.5) is 5.13 Å². The molecule has 0 aliphatic heterocycles. The molecule has 1 N–H and O–H groups in total. The topological polar surface area (TPSA) is 66.0 Å². The molecule has 30 heavy (non-hydrogen) atoms. The zero-order chi connectivity index (χ0) is 20.3. The zero-order valence-corrected chi connectivity index (χ0v) is 16.8. The van der Waals surface area contributed by atoms with E-state index in [1.54, 1.807) is 11.3 Å². The Bertz CT molecular complexity index is 1390. The van der Waals surface area contributed by atoms with Crippen molar-refractivity contribution in [3.05, 3.63) is 95.7 Å². The molecule has 3 aromatic carbocycles. The van der Waals surface area contributed by atoms with Gasteiger partial charge < -0.3 is 4.57 Å². The second-order valence-electron chi connectivity index (χ2n) is 6.86. The van der Waals surface area contributed by atoms with Crippen LogP contribution >= 0.6 is 11.3 Å². The van der Waals surface area contributed by atoms with Gasteiger partial charge in [-0.15, -0.1) is 0 Å². The molecule has 0 bridgehead atoms. The van der Waals surface area contributed by atoms with Gasteiger partial charge in [-0.25, -0.2) is 4.98 Å². The summed E-state index contributed by atoms with van der Waals surface area (Å²) in [6.45, 7) is 0.628. The van der Waals surface area contributed by atoms with E-state index < -0.39 is 0 Å². The van der Waals surface area contributed by atoms with E-state index >= 15 is 0 Å². The van der Waals surface area contributed by atoms with E-state index in [4.69, 9.17) is 0 Å². The average Bonchev–Trinajstić information content (AvgIpc) is 3.36. The molecule has 0 unspecified atom stereocenters. The van der Waals surface area contributed by atoms with E-state index in [9.17, 15) is 5.26 Å². The Balaban J connectivity index is 1.44. The lowest BCUT2D eigenvalue weighted by Gasteiger charge is -2.07. The second kappa shape index (κ2) is 7.82. The molecular weight excluding hydrogens is 390 g/mol. The fourth-order valence-corrected chi connectivity index (χ4v) is 4.35. The predicted molar refractivity (Wildman–Crippen MR) is 123 cm³/mol. The molecule has 6 heteroatoms. The Hall–Kier alpha value is -3.95. The molecule has 0 amide bonds. The van der Waals surface area contributed by atoms with Crippen LogP contribution in [-0.4, -0.2) is 15.8 Å². The number of hydrogen-bond donors (Lipinski definition) is 1. The quantitative estimate of drug-likeness (QED) is 0.304. The number of benzene rings is 3. The summed E-state index contributed by atoms with van der Waals surface area (Å²) < 4.78 is 3.29. The number of nitriles is 1. The Morgan fingerprint density at radius 1 is 1.03 bits per heavy atom. The zero-order valence-electron chi connectivity index (χ0n) is 16.0. The fraction of sp³-hybridized carbons (Fsp3) is 0.0417. The average molecular weight is 408 g/mol. The lowest BCUT2D eigenvalue weighted by molar-refractivity contribution is 0.834. The number of thiazole rings is 1. The molecule has 0 atom stereocenters. The summed E-state index contributed by atoms with van der Waals surface area (Å²) in [5, 5.41) is 15.7. The minimum Gasteiger partial charge on any atom is -0.342 e. The molecule has 5 rings (SSSR count). The van der Waals surface area contributed by atoms with Gasteiger partial charge in [0.1, 0.15) is 0 Å². The van der Waals surface area contributed by atoms with E-state index in [0.717, 1.165) is 37.4 Å². The van der Waals surface area contributed by atoms with Gasteiger partial charge in [-0.2, -0.15) is 10.4 Å². The fourth-order valence-electron chi connectivity index (χ4n) is 3.54. The van der Waals surface area contributed by atoms with Gasteiger partial charge in [0.25, 0.3) is 0 Å². The molecule has 5 nitrogen and oxygen atoms in total. The Morgan fingerprint density at radius 3 is 2.73 bits per heavy atom. The maximum Gasteiger partial charge on any atom is 0.204 e. The highest BCUT2D eigenvalue weighted by Gasteiger charge is 2.09. The van der Waals surface area contributed by atoms with Crippen LogP contribution in [0.3, 0.4) is 0 Å². The SMILES string of the molecule is N#Cc1ccccc1Cn1cc(/C=N/Nc2nc3ccccc3s2)c2ccccc21. The van der Waals surface area contributed by atoms with E-state index in [1.807, 2.05) is 60.8 Å². The summed E-state index contributed by atoms with van der Waals surface area (Å²) in [7, 11) is 0. The van der Waals surface area contributed by atoms with Crippen LogP contribution in [0.25, 0.3) is 21.1 Å². The van der Waals surface area contributed by atoms with Crippen molar-refractivity contribution in [3.8, 4) is 6.07 Å². The smallest absolute Gasteiger partial charge is 0.204 e. The summed E-state index contributed by atoms with van der Waals surface area (Å²) in [6.07, 6.45) is 3.89. The minimum atomic E-state index is 0.628. The van der Waals surface area contributed by atoms with Crippen molar-refractivity contribution in [3.63, 3.8) is 0 Å². The molecule has 0 saturated carbocycles. The van der Waals surface area contributed by atoms with Gasteiger partial charge >= 0.3 is 0 Å². The number of hydrogen-bond acceptors (Lipinski definition) is 5. The van der Waals surface area contributed by atoms with Gasteiger partial charge in [-0.05, 0) is 29.8 Å². The second-order valence-corrected chi connectivity index (χ2v) is 7.89. The number of nitrogens with one attached hydrogen (secondary N) is 1. The van der Waals surface area contributed by atoms with Crippen molar-refractivity contribution in [1.29, 1.82) is 5.26 Å². The normalized spacial score (nSPS) is 11.3. The van der Waals surface area contributed by atoms with Crippen molar-refractivity contribution in [1.82, 2.24) is 9.55 Å². The van der Waals surface area contributed by atoms with Crippen LogP contribution in [0.1, 0.15) is 16.7 Å². The molecule has 0 aliphatic carbocycles. The van der Waals surface area contributed by atoms with E-state index in [2.05, 4.69) is 50.5 Å². The Morgan fingerprint density at radius 2 is 1.83 bits per heavy atom. The number of aromatic nitrogens is 2. The van der Waals surface area contributed by atoms with Crippen molar-refractivity contribution >= 4 is 43.8 Å². The van der Waals surface area contributed by atoms with Crippen LogP contribution in [-0.2, 0) is 6.54 Å². The first-order valence-electron chi connectivity index (χ1n) is 9.52. The highest BCUT2D eigenvalue weighted by atomic mass is 32.1. The van der Waals surface area contributed by atoms with E-state index in [0.29, 0.717) is 12.1 Å². The summed E-state index contributed by atoms with van der Waals surface area (Å²) in [4.78, 5) is 4.54. The molecule has 0 spiro atoms. The molecule has 2 aromatic heterocycles. The lowest BCUT2D eigenvalue weighted by Crippen LogP contribution is -2.00. The van der Waals surface area contributed by atoms with Crippen molar-refractivity contribution in [2.45, 2.75) is 6.54 Å². The van der Waals surface area contributed by atoms with E-state index in [-0.39, 0.29) is 0 Å². The first-order valence-corrected chi connectivity index (χ1v) is 10.3. The number of fused-ring (bicyclic) bond motifs is 2. The number of para-hydroxylation sites is 2. The van der Waals surface area contributed by atoms with Crippen LogP contribution < -0.4 is 5.43 Å². The Labute approximate surface area is 177 Å². The number of rotatable bonds is 5. The molecule has 0 aliphatic rings. The number of nitrogens with zero attached hydrogens (tertiary/aromatic N) is 4. The van der Waals surface area contributed by atoms with Gasteiger partial charge in [0, 0.05) is 29.2 Å². The third-order valence-corrected chi connectivity index (χ3v) is 5.90. The lowest BCUT2D eigenvalue weighted by atomic mass is 10.1. The number of anilines is 1. The van der Waals surface area contributed by atoms with E-state index in [1.165, 1.54) is 0 Å². The summed E-state index contributed by atoms with van der Waals surface area (Å²) in [5.41, 5.74) is 7.82. The Kier molecular flexibility index (Phi) is 4.72. The number of hydrazone groups is 1. The summed E-state index contributed by atoms with van der Waals surface area (Å²) in [5.74, 6) is 0. The monoisotopic (exact) mass is 407 g/mol. The highest BCUT2D eigenvalue weighted by Crippen LogP contribution is 2.26. The highest BCUT2D eigenvalue weighted by molar-refractivity contribution is 7.22. The molecule has 5 aromatic rings. The maximum atomic E-state index is 9.40. The third-order valence-electron chi connectivity index (χ3n) is 4.96. The predicted octanol–water partition coefficient (Wildman–Crippen LogP) is 5.62. The molecule has 0 fully saturated rings. The van der Waals surface area contributed by atoms with Gasteiger partial charge in [-0.1, -0.05) is 59.9 Å². The molecule has 2 heterocycles. The molecule has 144 valence electrons. The standard InChI is InChI=1S/C24H17N5S/c25-13-17-7-1-2-8-18(17)15-29-16-19(20-9-3-5-11-22(20)29)14-26-28-24-27-21-10-4-6-12-23(21)30-24/h1-12,14,16H,15H2,(H,27,28)/b26-14+. The van der Waals surface area contributed by atoms with Crippen molar-refractivity contribution in [2.24, 2.45) is 5.10 Å². The summed E-state index contributed by atoms with van der Waals surface area (Å²) in [6, 6.07) is 26.2. The maximum absolute atomic E-state index is 9.40. The summed E-state index contributed by atoms with van der Waals surface area (Å²) >= 11 is 1.58. The first-order chi connectivity index (χ1) is 14.8. The van der Waals surface area contributed by atoms with Crippen molar-refractivity contribution in [2.75, 3.05) is 5.43 Å². The van der Waals surface area contributed by atoms with Crippen LogP contribution in [0.5, 0.6) is 0 Å². The van der Waals surface area contributed by atoms with Crippen LogP contribution in [0, 0.1) is 11.3 Å². The minimum absolute atomic E-state index is 0.628. The van der Waals surface area contributed by atoms with Gasteiger partial charge in [0.2, 0.25) is 5.13 Å². The van der Waals surface area contributed by atoms with Gasteiger partial charge in [0.15, 0.2) is 0 Å². The molecule has 0 saturated heterocycles.